The molecule has 3 N–H and O–H groups in total. The van der Waals surface area contributed by atoms with E-state index in [1.54, 1.807) is 0 Å². The Bertz CT molecular complexity index is 362. The Morgan fingerprint density at radius 2 is 1.95 bits per heavy atom. The molecule has 122 valence electrons. The summed E-state index contributed by atoms with van der Waals surface area (Å²) in [5.74, 6) is -0.821. The summed E-state index contributed by atoms with van der Waals surface area (Å²) in [5.41, 5.74) is 0. The van der Waals surface area contributed by atoms with Gasteiger partial charge in [0.25, 0.3) is 0 Å². The van der Waals surface area contributed by atoms with Gasteiger partial charge in [-0.05, 0) is 20.0 Å². The van der Waals surface area contributed by atoms with Crippen molar-refractivity contribution in [3.63, 3.8) is 0 Å². The summed E-state index contributed by atoms with van der Waals surface area (Å²) < 4.78 is 0. The number of likely N-dealkylation sites (N-methyl/N-ethyl adjacent to an activating group) is 2. The largest absolute Gasteiger partial charge is 0.481 e. The number of urea groups is 1. The Morgan fingerprint density at radius 1 is 1.29 bits per heavy atom. The molecule has 21 heavy (non-hydrogen) atoms. The van der Waals surface area contributed by atoms with Crippen LogP contribution in [-0.2, 0) is 4.79 Å². The maximum atomic E-state index is 11.9. The number of hydrogen-bond donors (Lipinski definition) is 3. The summed E-state index contributed by atoms with van der Waals surface area (Å²) >= 11 is 0. The average Bonchev–Trinajstić information content (AvgIpc) is 2.38. The Balaban J connectivity index is 2.39. The summed E-state index contributed by atoms with van der Waals surface area (Å²) in [6.07, 6.45) is -0.0584. The number of amides is 2. The molecule has 2 atom stereocenters. The highest BCUT2D eigenvalue weighted by Crippen LogP contribution is 2.07. The van der Waals surface area contributed by atoms with E-state index in [-0.39, 0.29) is 30.5 Å². The van der Waals surface area contributed by atoms with Gasteiger partial charge >= 0.3 is 12.0 Å². The van der Waals surface area contributed by atoms with Crippen LogP contribution in [0.5, 0.6) is 0 Å². The van der Waals surface area contributed by atoms with Gasteiger partial charge in [0.05, 0.1) is 6.42 Å². The van der Waals surface area contributed by atoms with Gasteiger partial charge in [-0.2, -0.15) is 0 Å². The lowest BCUT2D eigenvalue weighted by Crippen LogP contribution is -2.56. The molecule has 7 heteroatoms. The zero-order valence-electron chi connectivity index (χ0n) is 13.4. The fourth-order valence-corrected chi connectivity index (χ4v) is 2.39. The maximum Gasteiger partial charge on any atom is 0.315 e. The van der Waals surface area contributed by atoms with Crippen LogP contribution in [0, 0.1) is 5.92 Å². The van der Waals surface area contributed by atoms with Gasteiger partial charge in [-0.1, -0.05) is 13.8 Å². The topological polar surface area (TPSA) is 84.9 Å². The molecule has 1 heterocycles. The molecule has 1 fully saturated rings. The molecule has 0 aromatic heterocycles. The number of nitrogens with one attached hydrogen (secondary N) is 2. The Labute approximate surface area is 126 Å². The van der Waals surface area contributed by atoms with Crippen molar-refractivity contribution >= 4 is 12.0 Å². The molecule has 2 amide bonds. The van der Waals surface area contributed by atoms with Crippen LogP contribution in [0.3, 0.4) is 0 Å². The van der Waals surface area contributed by atoms with Gasteiger partial charge in [0.2, 0.25) is 0 Å². The van der Waals surface area contributed by atoms with Gasteiger partial charge in [0, 0.05) is 38.3 Å². The van der Waals surface area contributed by atoms with Crippen molar-refractivity contribution in [3.05, 3.63) is 0 Å². The molecule has 1 aliphatic rings. The molecule has 2 unspecified atom stereocenters. The average molecular weight is 300 g/mol. The maximum absolute atomic E-state index is 11.9. The van der Waals surface area contributed by atoms with Crippen molar-refractivity contribution in [1.29, 1.82) is 0 Å². The fraction of sp³-hybridized carbons (Fsp3) is 0.857. The van der Waals surface area contributed by atoms with Gasteiger partial charge < -0.3 is 20.6 Å². The fourth-order valence-electron chi connectivity index (χ4n) is 2.39. The first-order chi connectivity index (χ1) is 9.79. The standard InChI is InChI=1S/C14H28N4O3/c1-10(2)12(7-13(19)20)16-14(21)15-8-11-9-17(3)5-6-18(11)4/h10-12H,5-9H2,1-4H3,(H,19,20)(H2,15,16,21). The van der Waals surface area contributed by atoms with E-state index in [9.17, 15) is 9.59 Å². The number of carbonyl (C=O) groups is 2. The third kappa shape index (κ3) is 6.31. The second-order valence-corrected chi connectivity index (χ2v) is 6.20. The minimum Gasteiger partial charge on any atom is -0.481 e. The number of carboxylic acid groups (broad SMARTS) is 1. The second-order valence-electron chi connectivity index (χ2n) is 6.20. The van der Waals surface area contributed by atoms with Crippen molar-refractivity contribution in [3.8, 4) is 0 Å². The molecule has 0 aromatic carbocycles. The smallest absolute Gasteiger partial charge is 0.315 e. The summed E-state index contributed by atoms with van der Waals surface area (Å²) in [7, 11) is 4.13. The summed E-state index contributed by atoms with van der Waals surface area (Å²) in [5, 5.41) is 14.5. The molecule has 0 aromatic rings. The number of rotatable bonds is 6. The zero-order valence-corrected chi connectivity index (χ0v) is 13.4. The summed E-state index contributed by atoms with van der Waals surface area (Å²) in [6, 6.07) is -0.364. The molecule has 0 saturated carbocycles. The highest BCUT2D eigenvalue weighted by molar-refractivity contribution is 5.75. The van der Waals surface area contributed by atoms with Crippen LogP contribution in [0.15, 0.2) is 0 Å². The van der Waals surface area contributed by atoms with E-state index in [0.717, 1.165) is 19.6 Å². The van der Waals surface area contributed by atoms with Crippen LogP contribution >= 0.6 is 0 Å². The second kappa shape index (κ2) is 8.19. The van der Waals surface area contributed by atoms with E-state index in [4.69, 9.17) is 5.11 Å². The number of aliphatic carboxylic acids is 1. The minimum absolute atomic E-state index is 0.0584. The van der Waals surface area contributed by atoms with Gasteiger partial charge in [-0.25, -0.2) is 4.79 Å². The van der Waals surface area contributed by atoms with E-state index in [0.29, 0.717) is 6.54 Å². The molecule has 0 bridgehead atoms. The van der Waals surface area contributed by atoms with Crippen LogP contribution in [0.1, 0.15) is 20.3 Å². The first kappa shape index (κ1) is 17.7. The van der Waals surface area contributed by atoms with Crippen LogP contribution in [-0.4, -0.2) is 79.3 Å². The molecule has 0 spiro atoms. The lowest BCUT2D eigenvalue weighted by atomic mass is 10.0. The highest BCUT2D eigenvalue weighted by Gasteiger charge is 2.23. The van der Waals surface area contributed by atoms with E-state index in [1.807, 2.05) is 13.8 Å². The number of carboxylic acids is 1. The van der Waals surface area contributed by atoms with Crippen LogP contribution in [0.25, 0.3) is 0 Å². The Hall–Kier alpha value is -1.34. The number of hydrogen-bond acceptors (Lipinski definition) is 4. The molecular formula is C14H28N4O3. The van der Waals surface area contributed by atoms with Crippen LogP contribution in [0.4, 0.5) is 4.79 Å². The quantitative estimate of drug-likeness (QED) is 0.644. The number of piperazine rings is 1. The monoisotopic (exact) mass is 300 g/mol. The van der Waals surface area contributed by atoms with Crippen molar-refractivity contribution in [1.82, 2.24) is 20.4 Å². The van der Waals surface area contributed by atoms with E-state index >= 15 is 0 Å². The zero-order chi connectivity index (χ0) is 16.0. The van der Waals surface area contributed by atoms with Gasteiger partial charge in [0.1, 0.15) is 0 Å². The van der Waals surface area contributed by atoms with Crippen LogP contribution in [0.2, 0.25) is 0 Å². The minimum atomic E-state index is -0.900. The van der Waals surface area contributed by atoms with Gasteiger partial charge in [-0.15, -0.1) is 0 Å². The number of carbonyl (C=O) groups excluding carboxylic acids is 1. The number of nitrogens with zero attached hydrogens (tertiary/aromatic N) is 2. The normalized spacial score (nSPS) is 22.0. The summed E-state index contributed by atoms with van der Waals surface area (Å²) in [6.45, 7) is 7.30. The molecular weight excluding hydrogens is 272 g/mol. The third-order valence-electron chi connectivity index (χ3n) is 3.99. The Morgan fingerprint density at radius 3 is 2.52 bits per heavy atom. The van der Waals surface area contributed by atoms with Crippen molar-refractivity contribution in [2.75, 3.05) is 40.3 Å². The van der Waals surface area contributed by atoms with Crippen molar-refractivity contribution in [2.24, 2.45) is 5.92 Å². The molecule has 1 aliphatic heterocycles. The first-order valence-electron chi connectivity index (χ1n) is 7.44. The Kier molecular flexibility index (Phi) is 6.91. The lowest BCUT2D eigenvalue weighted by Gasteiger charge is -2.37. The molecule has 0 radical (unpaired) electrons. The predicted molar refractivity (Wildman–Crippen MR) is 81.3 cm³/mol. The molecule has 1 rings (SSSR count). The van der Waals surface area contributed by atoms with Crippen molar-refractivity contribution < 1.29 is 14.7 Å². The predicted octanol–water partition coefficient (Wildman–Crippen LogP) is 0.0307. The SMILES string of the molecule is CC(C)C(CC(=O)O)NC(=O)NCC1CN(C)CCN1C. The van der Waals surface area contributed by atoms with E-state index < -0.39 is 5.97 Å². The van der Waals surface area contributed by atoms with Crippen molar-refractivity contribution in [2.45, 2.75) is 32.4 Å². The molecule has 1 saturated heterocycles. The van der Waals surface area contributed by atoms with Gasteiger partial charge in [0.15, 0.2) is 0 Å². The molecule has 0 aliphatic carbocycles. The lowest BCUT2D eigenvalue weighted by molar-refractivity contribution is -0.137. The summed E-state index contributed by atoms with van der Waals surface area (Å²) in [4.78, 5) is 27.2. The van der Waals surface area contributed by atoms with Gasteiger partial charge in [-0.3, -0.25) is 9.69 Å². The highest BCUT2D eigenvalue weighted by atomic mass is 16.4. The molecule has 7 nitrogen and oxygen atoms in total. The van der Waals surface area contributed by atoms with Crippen LogP contribution < -0.4 is 10.6 Å². The third-order valence-corrected chi connectivity index (χ3v) is 3.99. The van der Waals surface area contributed by atoms with E-state index in [2.05, 4.69) is 34.5 Å². The van der Waals surface area contributed by atoms with E-state index in [1.165, 1.54) is 0 Å². The first-order valence-corrected chi connectivity index (χ1v) is 7.44.